The van der Waals surface area contributed by atoms with Crippen molar-refractivity contribution in [3.05, 3.63) is 30.1 Å². The van der Waals surface area contributed by atoms with Crippen molar-refractivity contribution in [1.82, 2.24) is 9.97 Å². The maximum Gasteiger partial charge on any atom is 0.108 e. The normalized spacial score (nSPS) is 13.4. The lowest BCUT2D eigenvalue weighted by molar-refractivity contribution is 0.712. The second-order valence-electron chi connectivity index (χ2n) is 3.38. The maximum absolute atomic E-state index is 5.69. The number of rotatable bonds is 2. The number of hydrogen-bond acceptors (Lipinski definition) is 2. The first-order chi connectivity index (χ1) is 6.25. The molecule has 1 aromatic carbocycles. The molecule has 0 aliphatic rings. The summed E-state index contributed by atoms with van der Waals surface area (Å²) in [5.74, 6) is 0.969. The van der Waals surface area contributed by atoms with Crippen LogP contribution in [0, 0.1) is 0 Å². The van der Waals surface area contributed by atoms with Gasteiger partial charge in [0, 0.05) is 12.5 Å². The minimum absolute atomic E-state index is 0.153. The van der Waals surface area contributed by atoms with Crippen molar-refractivity contribution in [3.63, 3.8) is 0 Å². The van der Waals surface area contributed by atoms with E-state index >= 15 is 0 Å². The number of nitrogens with zero attached hydrogens (tertiary/aromatic N) is 1. The summed E-state index contributed by atoms with van der Waals surface area (Å²) in [6, 6.07) is 8.15. The quantitative estimate of drug-likeness (QED) is 0.725. The minimum Gasteiger partial charge on any atom is -0.342 e. The van der Waals surface area contributed by atoms with Gasteiger partial charge in [-0.05, 0) is 19.1 Å². The number of aromatic nitrogens is 2. The Balaban J connectivity index is 2.38. The number of imidazole rings is 1. The second-order valence-corrected chi connectivity index (χ2v) is 3.38. The molecule has 68 valence electrons. The first kappa shape index (κ1) is 8.26. The van der Waals surface area contributed by atoms with Crippen molar-refractivity contribution in [2.75, 3.05) is 0 Å². The van der Waals surface area contributed by atoms with Crippen LogP contribution in [-0.2, 0) is 6.42 Å². The van der Waals surface area contributed by atoms with Crippen LogP contribution in [0.15, 0.2) is 24.3 Å². The van der Waals surface area contributed by atoms with Gasteiger partial charge in [0.15, 0.2) is 0 Å². The largest absolute Gasteiger partial charge is 0.342 e. The van der Waals surface area contributed by atoms with Gasteiger partial charge in [0.1, 0.15) is 5.82 Å². The summed E-state index contributed by atoms with van der Waals surface area (Å²) < 4.78 is 0. The number of hydrogen-bond donors (Lipinski definition) is 2. The predicted octanol–water partition coefficient (Wildman–Crippen LogP) is 1.45. The first-order valence-electron chi connectivity index (χ1n) is 4.45. The van der Waals surface area contributed by atoms with Crippen LogP contribution < -0.4 is 5.73 Å². The van der Waals surface area contributed by atoms with E-state index in [1.54, 1.807) is 0 Å². The second kappa shape index (κ2) is 3.18. The molecule has 1 heterocycles. The molecule has 0 aliphatic heterocycles. The van der Waals surface area contributed by atoms with Crippen LogP contribution in [0.5, 0.6) is 0 Å². The molecule has 3 N–H and O–H groups in total. The Labute approximate surface area is 77.0 Å². The van der Waals surface area contributed by atoms with Crippen LogP contribution in [0.3, 0.4) is 0 Å². The summed E-state index contributed by atoms with van der Waals surface area (Å²) in [7, 11) is 0. The number of para-hydroxylation sites is 2. The van der Waals surface area contributed by atoms with Crippen molar-refractivity contribution in [1.29, 1.82) is 0 Å². The standard InChI is InChI=1S/C10H13N3/c1-7(11)6-10-12-8-4-2-3-5-9(8)13-10/h2-5,7H,6,11H2,1H3,(H,12,13). The molecule has 3 heteroatoms. The van der Waals surface area contributed by atoms with Gasteiger partial charge in [-0.2, -0.15) is 0 Å². The molecule has 1 unspecified atom stereocenters. The molecule has 0 radical (unpaired) electrons. The van der Waals surface area contributed by atoms with Crippen LogP contribution in [0.4, 0.5) is 0 Å². The Hall–Kier alpha value is -1.35. The average Bonchev–Trinajstić information content (AvgIpc) is 2.44. The molecule has 1 atom stereocenters. The van der Waals surface area contributed by atoms with Gasteiger partial charge in [0.2, 0.25) is 0 Å². The Morgan fingerprint density at radius 3 is 2.92 bits per heavy atom. The van der Waals surface area contributed by atoms with Crippen molar-refractivity contribution in [3.8, 4) is 0 Å². The summed E-state index contributed by atoms with van der Waals surface area (Å²) in [5, 5.41) is 0. The van der Waals surface area contributed by atoms with Crippen LogP contribution in [0.2, 0.25) is 0 Å². The zero-order chi connectivity index (χ0) is 9.26. The maximum atomic E-state index is 5.69. The molecule has 13 heavy (non-hydrogen) atoms. The highest BCUT2D eigenvalue weighted by atomic mass is 14.9. The molecule has 2 rings (SSSR count). The van der Waals surface area contributed by atoms with Crippen LogP contribution in [-0.4, -0.2) is 16.0 Å². The summed E-state index contributed by atoms with van der Waals surface area (Å²) in [6.07, 6.45) is 0.800. The van der Waals surface area contributed by atoms with Gasteiger partial charge in [-0.1, -0.05) is 12.1 Å². The molecule has 0 spiro atoms. The lowest BCUT2D eigenvalue weighted by Gasteiger charge is -1.98. The van der Waals surface area contributed by atoms with E-state index in [2.05, 4.69) is 9.97 Å². The lowest BCUT2D eigenvalue weighted by Crippen LogP contribution is -2.18. The molecule has 2 aromatic rings. The van der Waals surface area contributed by atoms with Gasteiger partial charge < -0.3 is 10.7 Å². The van der Waals surface area contributed by atoms with Crippen molar-refractivity contribution < 1.29 is 0 Å². The molecule has 0 amide bonds. The average molecular weight is 175 g/mol. The molecule has 0 saturated carbocycles. The van der Waals surface area contributed by atoms with Crippen LogP contribution in [0.25, 0.3) is 11.0 Å². The fourth-order valence-electron chi connectivity index (χ4n) is 1.41. The fourth-order valence-corrected chi connectivity index (χ4v) is 1.41. The highest BCUT2D eigenvalue weighted by molar-refractivity contribution is 5.74. The number of H-pyrrole nitrogens is 1. The minimum atomic E-state index is 0.153. The van der Waals surface area contributed by atoms with Crippen LogP contribution >= 0.6 is 0 Å². The summed E-state index contributed by atoms with van der Waals surface area (Å²) in [6.45, 7) is 1.98. The van der Waals surface area contributed by atoms with E-state index in [4.69, 9.17) is 5.73 Å². The number of nitrogens with two attached hydrogens (primary N) is 1. The molecular weight excluding hydrogens is 162 g/mol. The van der Waals surface area contributed by atoms with E-state index in [1.165, 1.54) is 0 Å². The summed E-state index contributed by atoms with van der Waals surface area (Å²) >= 11 is 0. The third-order valence-electron chi connectivity index (χ3n) is 1.95. The highest BCUT2D eigenvalue weighted by Crippen LogP contribution is 2.10. The number of fused-ring (bicyclic) bond motifs is 1. The molecular formula is C10H13N3. The number of aromatic amines is 1. The van der Waals surface area contributed by atoms with Gasteiger partial charge in [-0.25, -0.2) is 4.98 Å². The molecule has 0 aliphatic carbocycles. The Kier molecular flexibility index (Phi) is 2.02. The summed E-state index contributed by atoms with van der Waals surface area (Å²) in [5.41, 5.74) is 7.78. The monoisotopic (exact) mass is 175 g/mol. The smallest absolute Gasteiger partial charge is 0.108 e. The zero-order valence-corrected chi connectivity index (χ0v) is 7.62. The van der Waals surface area contributed by atoms with E-state index in [-0.39, 0.29) is 6.04 Å². The Morgan fingerprint density at radius 2 is 2.23 bits per heavy atom. The molecule has 0 saturated heterocycles. The zero-order valence-electron chi connectivity index (χ0n) is 7.62. The van der Waals surface area contributed by atoms with E-state index < -0.39 is 0 Å². The van der Waals surface area contributed by atoms with E-state index in [0.29, 0.717) is 0 Å². The van der Waals surface area contributed by atoms with Crippen molar-refractivity contribution in [2.45, 2.75) is 19.4 Å². The van der Waals surface area contributed by atoms with Crippen molar-refractivity contribution >= 4 is 11.0 Å². The van der Waals surface area contributed by atoms with Crippen molar-refractivity contribution in [2.24, 2.45) is 5.73 Å². The SMILES string of the molecule is CC(N)Cc1nc2ccccc2[nH]1. The highest BCUT2D eigenvalue weighted by Gasteiger charge is 2.03. The van der Waals surface area contributed by atoms with Gasteiger partial charge in [0.05, 0.1) is 11.0 Å². The van der Waals surface area contributed by atoms with Gasteiger partial charge >= 0.3 is 0 Å². The molecule has 0 bridgehead atoms. The van der Waals surface area contributed by atoms with E-state index in [0.717, 1.165) is 23.3 Å². The third kappa shape index (κ3) is 1.70. The predicted molar refractivity (Wildman–Crippen MR) is 53.4 cm³/mol. The Morgan fingerprint density at radius 1 is 1.46 bits per heavy atom. The molecule has 0 fully saturated rings. The van der Waals surface area contributed by atoms with Gasteiger partial charge in [-0.15, -0.1) is 0 Å². The van der Waals surface area contributed by atoms with E-state index in [9.17, 15) is 0 Å². The third-order valence-corrected chi connectivity index (χ3v) is 1.95. The van der Waals surface area contributed by atoms with Gasteiger partial charge in [0.25, 0.3) is 0 Å². The lowest BCUT2D eigenvalue weighted by atomic mass is 10.2. The number of benzene rings is 1. The first-order valence-corrected chi connectivity index (χ1v) is 4.45. The Bertz CT molecular complexity index is 370. The van der Waals surface area contributed by atoms with Gasteiger partial charge in [-0.3, -0.25) is 0 Å². The van der Waals surface area contributed by atoms with Crippen LogP contribution in [0.1, 0.15) is 12.7 Å². The summed E-state index contributed by atoms with van der Waals surface area (Å²) in [4.78, 5) is 7.65. The molecule has 1 aromatic heterocycles. The molecule has 3 nitrogen and oxygen atoms in total. The topological polar surface area (TPSA) is 54.7 Å². The van der Waals surface area contributed by atoms with E-state index in [1.807, 2.05) is 31.2 Å². The number of nitrogens with one attached hydrogen (secondary N) is 1. The fraction of sp³-hybridized carbons (Fsp3) is 0.300.